The second-order valence-corrected chi connectivity index (χ2v) is 9.05. The van der Waals surface area contributed by atoms with E-state index >= 15 is 0 Å². The van der Waals surface area contributed by atoms with Gasteiger partial charge in [0, 0.05) is 29.3 Å². The smallest absolute Gasteiger partial charge is 0.238 e. The summed E-state index contributed by atoms with van der Waals surface area (Å²) in [6.45, 7) is 1.43. The molecule has 0 saturated heterocycles. The average Bonchev–Trinajstić information content (AvgIpc) is 2.77. The number of primary sulfonamides is 1. The van der Waals surface area contributed by atoms with Crippen molar-refractivity contribution in [3.63, 3.8) is 0 Å². The molecule has 162 valence electrons. The number of thioether (sulfide) groups is 1. The normalized spacial score (nSPS) is 13.0. The summed E-state index contributed by atoms with van der Waals surface area (Å²) in [6, 6.07) is 12.2. The van der Waals surface area contributed by atoms with Crippen LogP contribution in [0.5, 0.6) is 11.5 Å². The van der Waals surface area contributed by atoms with Gasteiger partial charge in [-0.1, -0.05) is 0 Å². The Morgan fingerprint density at radius 1 is 1.03 bits per heavy atom. The fourth-order valence-electron chi connectivity index (χ4n) is 3.05. The number of rotatable bonds is 7. The highest BCUT2D eigenvalue weighted by molar-refractivity contribution is 7.98. The minimum atomic E-state index is -3.77. The fraction of sp³-hybridized carbons (Fsp3) is 0.200. The highest BCUT2D eigenvalue weighted by atomic mass is 32.2. The maximum absolute atomic E-state index is 11.7. The third-order valence-corrected chi connectivity index (χ3v) is 6.27. The molecule has 1 aromatic heterocycles. The van der Waals surface area contributed by atoms with Crippen LogP contribution in [0.4, 0.5) is 17.3 Å². The Labute approximate surface area is 184 Å². The number of nitrogens with two attached hydrogens (primary N) is 1. The van der Waals surface area contributed by atoms with Crippen LogP contribution >= 0.6 is 11.8 Å². The van der Waals surface area contributed by atoms with Gasteiger partial charge in [0.15, 0.2) is 11.5 Å². The monoisotopic (exact) mass is 459 g/mol. The number of ether oxygens (including phenoxy) is 2. The van der Waals surface area contributed by atoms with Gasteiger partial charge in [-0.3, -0.25) is 0 Å². The average molecular weight is 460 g/mol. The van der Waals surface area contributed by atoms with Crippen LogP contribution in [0.2, 0.25) is 0 Å². The molecule has 31 heavy (non-hydrogen) atoms. The van der Waals surface area contributed by atoms with Gasteiger partial charge in [-0.05, 0) is 42.2 Å². The molecule has 0 fully saturated rings. The fourth-order valence-corrected chi connectivity index (χ4v) is 4.21. The van der Waals surface area contributed by atoms with E-state index in [-0.39, 0.29) is 4.90 Å². The lowest BCUT2D eigenvalue weighted by Crippen LogP contribution is -2.15. The maximum Gasteiger partial charge on any atom is 0.238 e. The van der Waals surface area contributed by atoms with E-state index in [9.17, 15) is 8.42 Å². The van der Waals surface area contributed by atoms with Gasteiger partial charge in [0.1, 0.15) is 31.2 Å². The molecule has 0 saturated carbocycles. The number of fused-ring (bicyclic) bond motifs is 1. The summed E-state index contributed by atoms with van der Waals surface area (Å²) in [6.07, 6.45) is 3.37. The molecule has 4 N–H and O–H groups in total. The van der Waals surface area contributed by atoms with Gasteiger partial charge < -0.3 is 20.1 Å². The quantitative estimate of drug-likeness (QED) is 0.457. The molecule has 0 spiro atoms. The Bertz CT molecular complexity index is 1200. The van der Waals surface area contributed by atoms with Gasteiger partial charge in [0.25, 0.3) is 0 Å². The number of anilines is 3. The molecule has 11 heteroatoms. The summed E-state index contributed by atoms with van der Waals surface area (Å²) < 4.78 is 34.5. The van der Waals surface area contributed by atoms with Crippen LogP contribution in [0.25, 0.3) is 0 Å². The highest BCUT2D eigenvalue weighted by Crippen LogP contribution is 2.33. The highest BCUT2D eigenvalue weighted by Gasteiger charge is 2.13. The predicted octanol–water partition coefficient (Wildman–Crippen LogP) is 2.97. The van der Waals surface area contributed by atoms with E-state index in [1.54, 1.807) is 18.2 Å². The van der Waals surface area contributed by atoms with Crippen molar-refractivity contribution >= 4 is 39.1 Å². The third-order valence-electron chi connectivity index (χ3n) is 4.52. The Hall–Kier alpha value is -3.02. The van der Waals surface area contributed by atoms with Crippen LogP contribution in [0, 0.1) is 0 Å². The van der Waals surface area contributed by atoms with Crippen molar-refractivity contribution in [3.05, 3.63) is 54.4 Å². The van der Waals surface area contributed by atoms with Crippen LogP contribution in [0.3, 0.4) is 0 Å². The molecule has 2 heterocycles. The zero-order chi connectivity index (χ0) is 21.8. The van der Waals surface area contributed by atoms with E-state index in [0.29, 0.717) is 42.9 Å². The molecule has 4 rings (SSSR count). The van der Waals surface area contributed by atoms with E-state index in [1.165, 1.54) is 24.2 Å². The number of aromatic nitrogens is 2. The molecule has 0 aliphatic carbocycles. The van der Waals surface area contributed by atoms with Crippen LogP contribution in [-0.2, 0) is 16.6 Å². The number of hydrogen-bond acceptors (Lipinski definition) is 9. The molecule has 0 atom stereocenters. The molecule has 1 aliphatic heterocycles. The van der Waals surface area contributed by atoms with E-state index in [4.69, 9.17) is 14.6 Å². The van der Waals surface area contributed by atoms with Gasteiger partial charge in [-0.15, -0.1) is 11.8 Å². The molecule has 0 bridgehead atoms. The largest absolute Gasteiger partial charge is 0.486 e. The lowest BCUT2D eigenvalue weighted by Gasteiger charge is -2.19. The van der Waals surface area contributed by atoms with Crippen molar-refractivity contribution in [2.45, 2.75) is 16.3 Å². The van der Waals surface area contributed by atoms with Crippen LogP contribution < -0.4 is 25.2 Å². The Morgan fingerprint density at radius 2 is 1.81 bits per heavy atom. The van der Waals surface area contributed by atoms with E-state index < -0.39 is 10.0 Å². The number of benzene rings is 2. The molecule has 0 amide bonds. The number of sulfonamides is 1. The van der Waals surface area contributed by atoms with Gasteiger partial charge >= 0.3 is 0 Å². The third kappa shape index (κ3) is 5.19. The summed E-state index contributed by atoms with van der Waals surface area (Å²) in [5.74, 6) is 2.58. The first-order valence-electron chi connectivity index (χ1n) is 9.35. The van der Waals surface area contributed by atoms with Gasteiger partial charge in [-0.25, -0.2) is 23.5 Å². The summed E-state index contributed by atoms with van der Waals surface area (Å²) in [7, 11) is -3.77. The van der Waals surface area contributed by atoms with Gasteiger partial charge in [0.2, 0.25) is 10.0 Å². The van der Waals surface area contributed by atoms with Crippen molar-refractivity contribution in [2.75, 3.05) is 30.1 Å². The van der Waals surface area contributed by atoms with Crippen molar-refractivity contribution < 1.29 is 17.9 Å². The second-order valence-electron chi connectivity index (χ2n) is 6.64. The Balaban J connectivity index is 1.48. The molecule has 9 nitrogen and oxygen atoms in total. The molecule has 2 aromatic carbocycles. The van der Waals surface area contributed by atoms with Crippen LogP contribution in [-0.4, -0.2) is 37.9 Å². The second kappa shape index (κ2) is 9.00. The molecule has 0 radical (unpaired) electrons. The number of hydrogen-bond donors (Lipinski definition) is 3. The Morgan fingerprint density at radius 3 is 2.58 bits per heavy atom. The first kappa shape index (κ1) is 21.2. The topological polar surface area (TPSA) is 128 Å². The number of nitrogens with zero attached hydrogens (tertiary/aromatic N) is 2. The predicted molar refractivity (Wildman–Crippen MR) is 120 cm³/mol. The lowest BCUT2D eigenvalue weighted by atomic mass is 10.2. The van der Waals surface area contributed by atoms with Crippen LogP contribution in [0.15, 0.2) is 58.6 Å². The minimum absolute atomic E-state index is 0.0748. The zero-order valence-corrected chi connectivity index (χ0v) is 18.3. The summed E-state index contributed by atoms with van der Waals surface area (Å²) in [5, 5.41) is 11.7. The molecule has 1 aliphatic rings. The molecule has 3 aromatic rings. The SMILES string of the molecule is CSc1ccc(S(N)(=O)=O)cc1CNc1cc(Nc2ccc3c(c2)OCCO3)ncn1. The van der Waals surface area contributed by atoms with Gasteiger partial charge in [0.05, 0.1) is 4.90 Å². The molecule has 0 unspecified atom stereocenters. The lowest BCUT2D eigenvalue weighted by molar-refractivity contribution is 0.171. The van der Waals surface area contributed by atoms with E-state index in [0.717, 1.165) is 16.1 Å². The summed E-state index contributed by atoms with van der Waals surface area (Å²) in [5.41, 5.74) is 1.61. The van der Waals surface area contributed by atoms with E-state index in [1.807, 2.05) is 24.5 Å². The first-order valence-corrected chi connectivity index (χ1v) is 12.1. The van der Waals surface area contributed by atoms with E-state index in [2.05, 4.69) is 20.6 Å². The van der Waals surface area contributed by atoms with Crippen molar-refractivity contribution in [3.8, 4) is 11.5 Å². The minimum Gasteiger partial charge on any atom is -0.486 e. The van der Waals surface area contributed by atoms with Crippen molar-refractivity contribution in [1.29, 1.82) is 0 Å². The number of nitrogens with one attached hydrogen (secondary N) is 2. The standard InChI is InChI=1S/C20H21N5O4S2/c1-30-18-5-3-15(31(21,26)27)8-13(18)11-22-19-10-20(24-12-23-19)25-14-2-4-16-17(9-14)29-7-6-28-16/h2-5,8-10,12H,6-7,11H2,1H3,(H2,21,26,27)(H2,22,23,24,25). The van der Waals surface area contributed by atoms with Crippen molar-refractivity contribution in [2.24, 2.45) is 5.14 Å². The van der Waals surface area contributed by atoms with Crippen molar-refractivity contribution in [1.82, 2.24) is 9.97 Å². The van der Waals surface area contributed by atoms with Gasteiger partial charge in [-0.2, -0.15) is 0 Å². The van der Waals surface area contributed by atoms with Crippen LogP contribution in [0.1, 0.15) is 5.56 Å². The maximum atomic E-state index is 11.7. The first-order chi connectivity index (χ1) is 14.9. The Kier molecular flexibility index (Phi) is 6.16. The zero-order valence-electron chi connectivity index (χ0n) is 16.7. The molecular weight excluding hydrogens is 438 g/mol. The summed E-state index contributed by atoms with van der Waals surface area (Å²) in [4.78, 5) is 9.51. The summed E-state index contributed by atoms with van der Waals surface area (Å²) >= 11 is 1.52. The molecular formula is C20H21N5O4S2.